The molecule has 1 aliphatic heterocycles. The number of nitro groups is 2. The monoisotopic (exact) mass is 554 g/mol. The average molecular weight is 555 g/mol. The van der Waals surface area contributed by atoms with Crippen LogP contribution < -0.4 is 19.6 Å². The summed E-state index contributed by atoms with van der Waals surface area (Å²) in [5.74, 6) is -1.31. The molecule has 3 aromatic rings. The third-order valence-corrected chi connectivity index (χ3v) is 7.06. The van der Waals surface area contributed by atoms with Crippen LogP contribution in [-0.4, -0.2) is 39.2 Å². The molecule has 0 saturated heterocycles. The van der Waals surface area contributed by atoms with Gasteiger partial charge in [0, 0.05) is 17.2 Å². The standard InChI is InChI=1S/C25H22N4O9S/c1-5-38-24(32)20-13(3)26-25-27(21(20)14-7-6-12(2)17(9-14)28(33)34)23(31)19(39-25)10-15-8-16(37-4)11-18(22(15)30)29(35)36/h6-11,21,30H,5H2,1-4H3/b19-10+/t21-/m0/s1. The Morgan fingerprint density at radius 1 is 1.18 bits per heavy atom. The molecule has 0 saturated carbocycles. The molecular weight excluding hydrogens is 532 g/mol. The zero-order valence-electron chi connectivity index (χ0n) is 21.2. The highest BCUT2D eigenvalue weighted by molar-refractivity contribution is 7.07. The molecule has 14 heteroatoms. The lowest BCUT2D eigenvalue weighted by Crippen LogP contribution is -2.40. The minimum Gasteiger partial charge on any atom is -0.502 e. The van der Waals surface area contributed by atoms with Crippen LogP contribution in [0, 0.1) is 27.2 Å². The predicted molar refractivity (Wildman–Crippen MR) is 140 cm³/mol. The van der Waals surface area contributed by atoms with Crippen LogP contribution in [0.25, 0.3) is 6.08 Å². The van der Waals surface area contributed by atoms with E-state index in [1.54, 1.807) is 26.8 Å². The van der Waals surface area contributed by atoms with E-state index in [9.17, 15) is 34.9 Å². The Balaban J connectivity index is 2.02. The molecule has 2 aromatic carbocycles. The summed E-state index contributed by atoms with van der Waals surface area (Å²) < 4.78 is 11.6. The first kappa shape index (κ1) is 27.2. The lowest BCUT2D eigenvalue weighted by atomic mass is 9.94. The zero-order valence-corrected chi connectivity index (χ0v) is 22.0. The van der Waals surface area contributed by atoms with Crippen LogP contribution in [0.5, 0.6) is 11.5 Å². The number of ether oxygens (including phenoxy) is 2. The minimum absolute atomic E-state index is 0.0359. The fourth-order valence-corrected chi connectivity index (χ4v) is 5.26. The lowest BCUT2D eigenvalue weighted by molar-refractivity contribution is -0.386. The second-order valence-corrected chi connectivity index (χ2v) is 9.46. The number of allylic oxidation sites excluding steroid dienone is 1. The van der Waals surface area contributed by atoms with Gasteiger partial charge < -0.3 is 14.6 Å². The van der Waals surface area contributed by atoms with Crippen LogP contribution in [0.1, 0.15) is 36.6 Å². The van der Waals surface area contributed by atoms with Gasteiger partial charge in [-0.25, -0.2) is 9.79 Å². The van der Waals surface area contributed by atoms with Gasteiger partial charge in [-0.1, -0.05) is 23.5 Å². The van der Waals surface area contributed by atoms with Crippen molar-refractivity contribution in [2.45, 2.75) is 26.8 Å². The van der Waals surface area contributed by atoms with E-state index in [0.29, 0.717) is 5.56 Å². The number of rotatable bonds is 7. The number of nitro benzene ring substituents is 2. The van der Waals surface area contributed by atoms with Crippen molar-refractivity contribution in [3.05, 3.63) is 98.2 Å². The van der Waals surface area contributed by atoms with Crippen molar-refractivity contribution in [3.8, 4) is 11.5 Å². The van der Waals surface area contributed by atoms with E-state index in [2.05, 4.69) is 4.99 Å². The molecule has 1 atom stereocenters. The van der Waals surface area contributed by atoms with Crippen LogP contribution in [-0.2, 0) is 9.53 Å². The van der Waals surface area contributed by atoms with Crippen LogP contribution >= 0.6 is 11.3 Å². The van der Waals surface area contributed by atoms with Crippen molar-refractivity contribution in [1.82, 2.24) is 4.57 Å². The van der Waals surface area contributed by atoms with Crippen molar-refractivity contribution >= 4 is 34.8 Å². The van der Waals surface area contributed by atoms with Crippen LogP contribution in [0.2, 0.25) is 0 Å². The number of phenolic OH excluding ortho intramolecular Hbond substituents is 1. The Hall–Kier alpha value is -4.85. The number of aromatic hydroxyl groups is 1. The highest BCUT2D eigenvalue weighted by Crippen LogP contribution is 2.35. The highest BCUT2D eigenvalue weighted by Gasteiger charge is 2.34. The Kier molecular flexibility index (Phi) is 7.31. The van der Waals surface area contributed by atoms with Crippen molar-refractivity contribution in [1.29, 1.82) is 0 Å². The number of esters is 1. The summed E-state index contributed by atoms with van der Waals surface area (Å²) in [6.45, 7) is 4.81. The number of hydrogen-bond donors (Lipinski definition) is 1. The van der Waals surface area contributed by atoms with E-state index in [1.807, 2.05) is 0 Å². The maximum Gasteiger partial charge on any atom is 0.338 e. The topological polar surface area (TPSA) is 176 Å². The number of carbonyl (C=O) groups excluding carboxylic acids is 1. The Morgan fingerprint density at radius 3 is 2.49 bits per heavy atom. The molecule has 0 unspecified atom stereocenters. The number of fused-ring (bicyclic) bond motifs is 1. The number of phenols is 1. The van der Waals surface area contributed by atoms with E-state index >= 15 is 0 Å². The molecule has 0 bridgehead atoms. The van der Waals surface area contributed by atoms with Gasteiger partial charge in [0.15, 0.2) is 4.80 Å². The predicted octanol–water partition coefficient (Wildman–Crippen LogP) is 2.64. The highest BCUT2D eigenvalue weighted by atomic mass is 32.1. The third-order valence-electron chi connectivity index (χ3n) is 6.07. The SMILES string of the molecule is CCOC(=O)C1=C(C)N=c2s/c(=C/c3cc(OC)cc([N+](=O)[O-])c3O)c(=O)n2[C@H]1c1ccc(C)c([N+](=O)[O-])c1. The first-order valence-electron chi connectivity index (χ1n) is 11.5. The summed E-state index contributed by atoms with van der Waals surface area (Å²) in [5.41, 5.74) is -0.508. The largest absolute Gasteiger partial charge is 0.502 e. The van der Waals surface area contributed by atoms with Crippen LogP contribution in [0.3, 0.4) is 0 Å². The fraction of sp³-hybridized carbons (Fsp3) is 0.240. The molecule has 202 valence electrons. The molecule has 1 aliphatic rings. The van der Waals surface area contributed by atoms with Gasteiger partial charge in [-0.2, -0.15) is 0 Å². The Morgan fingerprint density at radius 2 is 1.87 bits per heavy atom. The van der Waals surface area contributed by atoms with Gasteiger partial charge in [0.2, 0.25) is 5.75 Å². The molecule has 0 spiro atoms. The minimum atomic E-state index is -1.10. The number of hydrogen-bond acceptors (Lipinski definition) is 11. The number of thiazole rings is 1. The van der Waals surface area contributed by atoms with E-state index < -0.39 is 38.9 Å². The number of nitrogens with zero attached hydrogens (tertiary/aromatic N) is 4. The van der Waals surface area contributed by atoms with E-state index in [1.165, 1.54) is 36.0 Å². The number of aromatic nitrogens is 1. The van der Waals surface area contributed by atoms with Crippen LogP contribution in [0.15, 0.2) is 51.4 Å². The first-order valence-corrected chi connectivity index (χ1v) is 12.3. The summed E-state index contributed by atoms with van der Waals surface area (Å²) in [6.07, 6.45) is 1.26. The summed E-state index contributed by atoms with van der Waals surface area (Å²) in [7, 11) is 1.30. The maximum absolute atomic E-state index is 13.7. The Labute approximate surface area is 223 Å². The fourth-order valence-electron chi connectivity index (χ4n) is 4.22. The number of benzene rings is 2. The maximum atomic E-state index is 13.7. The van der Waals surface area contributed by atoms with Crippen molar-refractivity contribution < 1.29 is 29.2 Å². The average Bonchev–Trinajstić information content (AvgIpc) is 3.18. The van der Waals surface area contributed by atoms with E-state index in [0.717, 1.165) is 17.4 Å². The van der Waals surface area contributed by atoms with E-state index in [4.69, 9.17) is 9.47 Å². The van der Waals surface area contributed by atoms with Gasteiger partial charge in [0.05, 0.1) is 51.5 Å². The van der Waals surface area contributed by atoms with Gasteiger partial charge in [-0.05, 0) is 38.5 Å². The first-order chi connectivity index (χ1) is 18.5. The van der Waals surface area contributed by atoms with E-state index in [-0.39, 0.29) is 49.8 Å². The second-order valence-electron chi connectivity index (χ2n) is 8.45. The summed E-state index contributed by atoms with van der Waals surface area (Å²) in [5, 5.41) is 33.6. The molecule has 4 rings (SSSR count). The number of aryl methyl sites for hydroxylation is 1. The van der Waals surface area contributed by atoms with Gasteiger partial charge in [0.1, 0.15) is 5.75 Å². The zero-order chi connectivity index (χ0) is 28.6. The summed E-state index contributed by atoms with van der Waals surface area (Å²) >= 11 is 0.922. The van der Waals surface area contributed by atoms with Gasteiger partial charge in [-0.15, -0.1) is 0 Å². The molecule has 0 amide bonds. The molecule has 0 aliphatic carbocycles. The van der Waals surface area contributed by atoms with Gasteiger partial charge in [-0.3, -0.25) is 29.6 Å². The molecular formula is C25H22N4O9S. The molecule has 13 nitrogen and oxygen atoms in total. The Bertz CT molecular complexity index is 1750. The summed E-state index contributed by atoms with van der Waals surface area (Å²) in [4.78, 5) is 53.1. The molecule has 0 radical (unpaired) electrons. The second kappa shape index (κ2) is 10.5. The van der Waals surface area contributed by atoms with Crippen molar-refractivity contribution in [2.75, 3.05) is 13.7 Å². The molecule has 0 fully saturated rings. The van der Waals surface area contributed by atoms with Crippen molar-refractivity contribution in [3.63, 3.8) is 0 Å². The quantitative estimate of drug-likeness (QED) is 0.261. The third kappa shape index (κ3) is 4.88. The normalized spacial score (nSPS) is 15.0. The van der Waals surface area contributed by atoms with Gasteiger partial charge >= 0.3 is 11.7 Å². The number of methoxy groups -OCH3 is 1. The smallest absolute Gasteiger partial charge is 0.338 e. The summed E-state index contributed by atoms with van der Waals surface area (Å²) in [6, 6.07) is 5.68. The number of carbonyl (C=O) groups is 1. The van der Waals surface area contributed by atoms with Crippen LogP contribution in [0.4, 0.5) is 11.4 Å². The molecule has 39 heavy (non-hydrogen) atoms. The molecule has 2 heterocycles. The van der Waals surface area contributed by atoms with Crippen molar-refractivity contribution in [2.24, 2.45) is 4.99 Å². The van der Waals surface area contributed by atoms with Gasteiger partial charge in [0.25, 0.3) is 11.2 Å². The molecule has 1 aromatic heterocycles. The lowest BCUT2D eigenvalue weighted by Gasteiger charge is -2.24. The molecule has 1 N–H and O–H groups in total.